The summed E-state index contributed by atoms with van der Waals surface area (Å²) in [5.41, 5.74) is -0.569. The van der Waals surface area contributed by atoms with E-state index in [1.807, 2.05) is 0 Å². The van der Waals surface area contributed by atoms with E-state index in [-0.39, 0.29) is 18.0 Å². The molecule has 0 aliphatic carbocycles. The number of rotatable bonds is 3. The summed E-state index contributed by atoms with van der Waals surface area (Å²) in [5.74, 6) is -0.723. The van der Waals surface area contributed by atoms with Crippen molar-refractivity contribution >= 4 is 11.8 Å². The SMILES string of the molecule is CC(C)(C)OC(=O)CC(=O)c1ncc[nH]1. The van der Waals surface area contributed by atoms with Gasteiger partial charge in [-0.05, 0) is 20.8 Å². The molecule has 0 radical (unpaired) electrons. The molecule has 0 saturated heterocycles. The fraction of sp³-hybridized carbons (Fsp3) is 0.500. The van der Waals surface area contributed by atoms with E-state index in [1.54, 1.807) is 20.8 Å². The summed E-state index contributed by atoms with van der Waals surface area (Å²) in [6.07, 6.45) is 2.70. The Morgan fingerprint density at radius 1 is 1.47 bits per heavy atom. The number of esters is 1. The molecule has 1 heterocycles. The van der Waals surface area contributed by atoms with Crippen molar-refractivity contribution < 1.29 is 14.3 Å². The molecule has 1 rings (SSSR count). The maximum atomic E-state index is 11.4. The van der Waals surface area contributed by atoms with Gasteiger partial charge in [-0.3, -0.25) is 9.59 Å². The van der Waals surface area contributed by atoms with Gasteiger partial charge in [-0.2, -0.15) is 0 Å². The molecule has 0 amide bonds. The Bertz CT molecular complexity index is 349. The lowest BCUT2D eigenvalue weighted by Gasteiger charge is -2.18. The van der Waals surface area contributed by atoms with Crippen LogP contribution in [0.25, 0.3) is 0 Å². The largest absolute Gasteiger partial charge is 0.460 e. The van der Waals surface area contributed by atoms with Gasteiger partial charge >= 0.3 is 5.97 Å². The maximum absolute atomic E-state index is 11.4. The number of nitrogens with zero attached hydrogens (tertiary/aromatic N) is 1. The predicted molar refractivity (Wildman–Crippen MR) is 53.4 cm³/mol. The molecule has 0 aromatic carbocycles. The van der Waals surface area contributed by atoms with Gasteiger partial charge in [0.05, 0.1) is 0 Å². The molecule has 1 N–H and O–H groups in total. The second-order valence-electron chi connectivity index (χ2n) is 4.12. The highest BCUT2D eigenvalue weighted by atomic mass is 16.6. The Morgan fingerprint density at radius 2 is 2.13 bits per heavy atom. The lowest BCUT2D eigenvalue weighted by Crippen LogP contribution is -2.25. The van der Waals surface area contributed by atoms with Gasteiger partial charge < -0.3 is 9.72 Å². The van der Waals surface area contributed by atoms with Crippen LogP contribution in [-0.4, -0.2) is 27.3 Å². The molecule has 15 heavy (non-hydrogen) atoms. The van der Waals surface area contributed by atoms with Gasteiger partial charge in [0.1, 0.15) is 12.0 Å². The molecule has 0 aliphatic rings. The summed E-state index contributed by atoms with van der Waals surface area (Å²) in [6.45, 7) is 5.26. The van der Waals surface area contributed by atoms with E-state index < -0.39 is 11.6 Å². The number of ether oxygens (including phenoxy) is 1. The van der Waals surface area contributed by atoms with Crippen molar-refractivity contribution in [3.63, 3.8) is 0 Å². The Balaban J connectivity index is 2.50. The summed E-state index contributed by atoms with van der Waals surface area (Å²) in [6, 6.07) is 0. The fourth-order valence-electron chi connectivity index (χ4n) is 1.01. The van der Waals surface area contributed by atoms with Crippen LogP contribution in [0.3, 0.4) is 0 Å². The molecule has 0 aliphatic heterocycles. The molecule has 0 unspecified atom stereocenters. The highest BCUT2D eigenvalue weighted by molar-refractivity contribution is 6.03. The summed E-state index contributed by atoms with van der Waals surface area (Å²) in [4.78, 5) is 29.1. The summed E-state index contributed by atoms with van der Waals surface area (Å²) in [7, 11) is 0. The van der Waals surface area contributed by atoms with Gasteiger partial charge in [0.25, 0.3) is 0 Å². The number of carbonyl (C=O) groups excluding carboxylic acids is 2. The van der Waals surface area contributed by atoms with Crippen LogP contribution in [0.4, 0.5) is 0 Å². The van der Waals surface area contributed by atoms with Crippen molar-refractivity contribution in [1.82, 2.24) is 9.97 Å². The van der Waals surface area contributed by atoms with Gasteiger partial charge in [-0.1, -0.05) is 0 Å². The number of Topliss-reactive ketones (excluding diaryl/α,β-unsaturated/α-hetero) is 1. The first kappa shape index (κ1) is 11.4. The van der Waals surface area contributed by atoms with Gasteiger partial charge in [0.15, 0.2) is 5.82 Å². The minimum atomic E-state index is -0.569. The van der Waals surface area contributed by atoms with Gasteiger partial charge in [0.2, 0.25) is 5.78 Å². The molecule has 1 aromatic heterocycles. The van der Waals surface area contributed by atoms with Crippen molar-refractivity contribution in [2.75, 3.05) is 0 Å². The van der Waals surface area contributed by atoms with E-state index in [2.05, 4.69) is 9.97 Å². The zero-order valence-corrected chi connectivity index (χ0v) is 9.03. The van der Waals surface area contributed by atoms with Crippen molar-refractivity contribution in [1.29, 1.82) is 0 Å². The van der Waals surface area contributed by atoms with E-state index in [1.165, 1.54) is 12.4 Å². The van der Waals surface area contributed by atoms with E-state index >= 15 is 0 Å². The van der Waals surface area contributed by atoms with Crippen LogP contribution in [0, 0.1) is 0 Å². The summed E-state index contributed by atoms with van der Waals surface area (Å²) >= 11 is 0. The van der Waals surface area contributed by atoms with Gasteiger partial charge in [-0.15, -0.1) is 0 Å². The molecular weight excluding hydrogens is 196 g/mol. The molecule has 1 aromatic rings. The number of carbonyl (C=O) groups is 2. The molecular formula is C10H14N2O3. The summed E-state index contributed by atoms with van der Waals surface area (Å²) in [5, 5.41) is 0. The predicted octanol–water partition coefficient (Wildman–Crippen LogP) is 1.32. The third-order valence-electron chi connectivity index (χ3n) is 1.49. The second-order valence-corrected chi connectivity index (χ2v) is 4.12. The number of hydrogen-bond donors (Lipinski definition) is 1. The molecule has 0 atom stereocenters. The van der Waals surface area contributed by atoms with Crippen LogP contribution < -0.4 is 0 Å². The number of aromatic nitrogens is 2. The maximum Gasteiger partial charge on any atom is 0.314 e. The Hall–Kier alpha value is -1.65. The zero-order valence-electron chi connectivity index (χ0n) is 9.03. The average Bonchev–Trinajstić information content (AvgIpc) is 2.50. The third kappa shape index (κ3) is 3.93. The molecule has 0 fully saturated rings. The molecule has 0 bridgehead atoms. The van der Waals surface area contributed by atoms with Crippen LogP contribution in [-0.2, 0) is 9.53 Å². The first-order valence-corrected chi connectivity index (χ1v) is 4.63. The van der Waals surface area contributed by atoms with E-state index in [0.717, 1.165) is 0 Å². The lowest BCUT2D eigenvalue weighted by atomic mass is 10.2. The number of ketones is 1. The minimum Gasteiger partial charge on any atom is -0.460 e. The first-order chi connectivity index (χ1) is 6.88. The van der Waals surface area contributed by atoms with Crippen LogP contribution in [0.15, 0.2) is 12.4 Å². The van der Waals surface area contributed by atoms with Crippen LogP contribution in [0.5, 0.6) is 0 Å². The summed E-state index contributed by atoms with van der Waals surface area (Å²) < 4.78 is 5.00. The smallest absolute Gasteiger partial charge is 0.314 e. The van der Waals surface area contributed by atoms with Crippen LogP contribution in [0.2, 0.25) is 0 Å². The van der Waals surface area contributed by atoms with E-state index in [9.17, 15) is 9.59 Å². The van der Waals surface area contributed by atoms with Crippen molar-refractivity contribution in [2.24, 2.45) is 0 Å². The lowest BCUT2D eigenvalue weighted by molar-refractivity contribution is -0.153. The average molecular weight is 210 g/mol. The molecule has 0 saturated carbocycles. The van der Waals surface area contributed by atoms with E-state index in [0.29, 0.717) is 0 Å². The van der Waals surface area contributed by atoms with Crippen molar-refractivity contribution in [3.8, 4) is 0 Å². The number of imidazole rings is 1. The number of H-pyrrole nitrogens is 1. The van der Waals surface area contributed by atoms with Gasteiger partial charge in [-0.25, -0.2) is 4.98 Å². The van der Waals surface area contributed by atoms with Crippen LogP contribution in [0.1, 0.15) is 37.8 Å². The number of hydrogen-bond acceptors (Lipinski definition) is 4. The molecule has 5 heteroatoms. The van der Waals surface area contributed by atoms with Crippen molar-refractivity contribution in [2.45, 2.75) is 32.8 Å². The molecule has 82 valence electrons. The highest BCUT2D eigenvalue weighted by Crippen LogP contribution is 2.09. The molecule has 0 spiro atoms. The highest BCUT2D eigenvalue weighted by Gasteiger charge is 2.20. The fourth-order valence-corrected chi connectivity index (χ4v) is 1.01. The molecule has 5 nitrogen and oxygen atoms in total. The van der Waals surface area contributed by atoms with Gasteiger partial charge in [0, 0.05) is 12.4 Å². The standard InChI is InChI=1S/C10H14N2O3/c1-10(2,3)15-8(14)6-7(13)9-11-4-5-12-9/h4-5H,6H2,1-3H3,(H,11,12). The second kappa shape index (κ2) is 4.25. The van der Waals surface area contributed by atoms with Crippen LogP contribution >= 0.6 is 0 Å². The number of aromatic amines is 1. The van der Waals surface area contributed by atoms with E-state index in [4.69, 9.17) is 4.74 Å². The normalized spacial score (nSPS) is 11.1. The Morgan fingerprint density at radius 3 is 2.60 bits per heavy atom. The zero-order chi connectivity index (χ0) is 11.5. The quantitative estimate of drug-likeness (QED) is 0.464. The Kier molecular flexibility index (Phi) is 3.24. The first-order valence-electron chi connectivity index (χ1n) is 4.63. The monoisotopic (exact) mass is 210 g/mol. The number of nitrogens with one attached hydrogen (secondary N) is 1. The third-order valence-corrected chi connectivity index (χ3v) is 1.49. The minimum absolute atomic E-state index is 0.181. The topological polar surface area (TPSA) is 72.1 Å². The Labute approximate surface area is 87.9 Å². The van der Waals surface area contributed by atoms with Crippen molar-refractivity contribution in [3.05, 3.63) is 18.2 Å².